The highest BCUT2D eigenvalue weighted by Gasteiger charge is 2.12. The van der Waals surface area contributed by atoms with Gasteiger partial charge >= 0.3 is 0 Å². The first-order valence-electron chi connectivity index (χ1n) is 5.07. The number of nitrogens with two attached hydrogens (primary N) is 1. The van der Waals surface area contributed by atoms with Crippen molar-refractivity contribution < 1.29 is 4.39 Å². The zero-order valence-corrected chi connectivity index (χ0v) is 9.62. The average molecular weight is 248 g/mol. The van der Waals surface area contributed by atoms with Crippen LogP contribution in [0.25, 0.3) is 16.3 Å². The lowest BCUT2D eigenvalue weighted by Crippen LogP contribution is -2.01. The summed E-state index contributed by atoms with van der Waals surface area (Å²) in [5, 5.41) is 10.1. The largest absolute Gasteiger partial charge is 0.325 e. The Morgan fingerprint density at radius 3 is 2.71 bits per heavy atom. The molecule has 0 aliphatic rings. The summed E-state index contributed by atoms with van der Waals surface area (Å²) in [6.07, 6.45) is 0. The second-order valence-corrected chi connectivity index (χ2v) is 4.42. The van der Waals surface area contributed by atoms with E-state index < -0.39 is 0 Å². The number of hydrogen-bond acceptors (Lipinski definition) is 4. The Hall–Kier alpha value is -1.79. The van der Waals surface area contributed by atoms with Gasteiger partial charge in [0.05, 0.1) is 5.69 Å². The second-order valence-electron chi connectivity index (χ2n) is 3.58. The minimum absolute atomic E-state index is 0.265. The summed E-state index contributed by atoms with van der Waals surface area (Å²) >= 11 is 1.49. The topological polar surface area (TPSA) is 56.2 Å². The molecule has 3 aromatic rings. The zero-order chi connectivity index (χ0) is 11.8. The molecule has 86 valence electrons. The maximum atomic E-state index is 12.9. The molecule has 0 aliphatic heterocycles. The van der Waals surface area contributed by atoms with E-state index in [0.717, 1.165) is 16.2 Å². The van der Waals surface area contributed by atoms with Crippen LogP contribution in [0.4, 0.5) is 4.39 Å². The molecule has 2 heterocycles. The molecular formula is C11H9FN4S. The van der Waals surface area contributed by atoms with Crippen molar-refractivity contribution >= 4 is 16.3 Å². The van der Waals surface area contributed by atoms with Crippen LogP contribution < -0.4 is 5.73 Å². The van der Waals surface area contributed by atoms with E-state index in [1.807, 2.05) is 9.78 Å². The fraction of sp³-hybridized carbons (Fsp3) is 0.0909. The van der Waals surface area contributed by atoms with Gasteiger partial charge < -0.3 is 5.73 Å². The van der Waals surface area contributed by atoms with Crippen LogP contribution in [-0.2, 0) is 6.54 Å². The Bertz CT molecular complexity index is 656. The fourth-order valence-corrected chi connectivity index (χ4v) is 2.54. The Balaban J connectivity index is 2.22. The van der Waals surface area contributed by atoms with Crippen molar-refractivity contribution in [1.29, 1.82) is 0 Å². The van der Waals surface area contributed by atoms with E-state index in [9.17, 15) is 4.39 Å². The second kappa shape index (κ2) is 3.90. The molecule has 2 N–H and O–H groups in total. The summed E-state index contributed by atoms with van der Waals surface area (Å²) in [5.74, 6) is 0.431. The van der Waals surface area contributed by atoms with Crippen molar-refractivity contribution in [1.82, 2.24) is 14.6 Å². The van der Waals surface area contributed by atoms with E-state index in [-0.39, 0.29) is 5.82 Å². The summed E-state index contributed by atoms with van der Waals surface area (Å²) in [5.41, 5.74) is 7.44. The maximum Gasteiger partial charge on any atom is 0.216 e. The van der Waals surface area contributed by atoms with Gasteiger partial charge in [-0.15, -0.1) is 21.5 Å². The third kappa shape index (κ3) is 1.62. The first kappa shape index (κ1) is 10.4. The number of fused-ring (bicyclic) bond motifs is 1. The molecule has 0 unspecified atom stereocenters. The van der Waals surface area contributed by atoms with Gasteiger partial charge in [-0.25, -0.2) is 4.39 Å². The highest BCUT2D eigenvalue weighted by molar-refractivity contribution is 7.15. The molecule has 4 nitrogen and oxygen atoms in total. The van der Waals surface area contributed by atoms with Crippen LogP contribution in [0.15, 0.2) is 29.6 Å². The molecule has 0 saturated heterocycles. The number of aromatic nitrogens is 3. The number of thiazole rings is 1. The molecule has 0 amide bonds. The van der Waals surface area contributed by atoms with Gasteiger partial charge in [0.1, 0.15) is 5.82 Å². The Morgan fingerprint density at radius 2 is 2.00 bits per heavy atom. The molecule has 0 bridgehead atoms. The van der Waals surface area contributed by atoms with Crippen LogP contribution in [-0.4, -0.2) is 14.6 Å². The van der Waals surface area contributed by atoms with Crippen LogP contribution >= 0.6 is 11.3 Å². The van der Waals surface area contributed by atoms with E-state index in [0.29, 0.717) is 12.4 Å². The van der Waals surface area contributed by atoms with E-state index in [2.05, 4.69) is 10.2 Å². The fourth-order valence-electron chi connectivity index (χ4n) is 1.70. The number of rotatable bonds is 2. The lowest BCUT2D eigenvalue weighted by molar-refractivity contribution is 0.628. The molecule has 3 rings (SSSR count). The predicted molar refractivity (Wildman–Crippen MR) is 64.1 cm³/mol. The smallest absolute Gasteiger partial charge is 0.216 e. The summed E-state index contributed by atoms with van der Waals surface area (Å²) in [7, 11) is 0. The van der Waals surface area contributed by atoms with Crippen molar-refractivity contribution in [3.05, 3.63) is 41.2 Å². The number of nitrogens with zero attached hydrogens (tertiary/aromatic N) is 3. The minimum Gasteiger partial charge on any atom is -0.325 e. The maximum absolute atomic E-state index is 12.9. The zero-order valence-electron chi connectivity index (χ0n) is 8.80. The van der Waals surface area contributed by atoms with Gasteiger partial charge in [0.2, 0.25) is 4.96 Å². The number of hydrogen-bond donors (Lipinski definition) is 1. The molecule has 1 aromatic carbocycles. The third-order valence-electron chi connectivity index (χ3n) is 2.53. The molecular weight excluding hydrogens is 239 g/mol. The monoisotopic (exact) mass is 248 g/mol. The molecule has 0 radical (unpaired) electrons. The van der Waals surface area contributed by atoms with Gasteiger partial charge in [0.25, 0.3) is 0 Å². The van der Waals surface area contributed by atoms with Crippen LogP contribution in [0.1, 0.15) is 5.69 Å². The normalized spacial score (nSPS) is 11.2. The Kier molecular flexibility index (Phi) is 2.38. The van der Waals surface area contributed by atoms with E-state index in [4.69, 9.17) is 5.73 Å². The van der Waals surface area contributed by atoms with Gasteiger partial charge in [0.15, 0.2) is 5.82 Å². The summed E-state index contributed by atoms with van der Waals surface area (Å²) in [6, 6.07) is 6.18. The van der Waals surface area contributed by atoms with E-state index >= 15 is 0 Å². The van der Waals surface area contributed by atoms with Gasteiger partial charge in [-0.05, 0) is 24.3 Å². The number of benzene rings is 1. The first-order chi connectivity index (χ1) is 8.29. The summed E-state index contributed by atoms with van der Waals surface area (Å²) < 4.78 is 14.8. The minimum atomic E-state index is -0.265. The molecule has 2 aromatic heterocycles. The van der Waals surface area contributed by atoms with Crippen molar-refractivity contribution in [3.8, 4) is 11.4 Å². The van der Waals surface area contributed by atoms with Crippen LogP contribution in [0.2, 0.25) is 0 Å². The van der Waals surface area contributed by atoms with Crippen molar-refractivity contribution in [2.45, 2.75) is 6.54 Å². The lowest BCUT2D eigenvalue weighted by atomic mass is 10.2. The molecule has 0 spiro atoms. The van der Waals surface area contributed by atoms with Crippen molar-refractivity contribution in [2.24, 2.45) is 5.73 Å². The van der Waals surface area contributed by atoms with E-state index in [1.54, 1.807) is 12.1 Å². The SMILES string of the molecule is NCc1csc2nnc(-c3ccc(F)cc3)n12. The lowest BCUT2D eigenvalue weighted by Gasteiger charge is -2.00. The van der Waals surface area contributed by atoms with Crippen LogP contribution in [0, 0.1) is 5.82 Å². The van der Waals surface area contributed by atoms with Crippen LogP contribution in [0.3, 0.4) is 0 Å². The molecule has 17 heavy (non-hydrogen) atoms. The first-order valence-corrected chi connectivity index (χ1v) is 5.95. The molecule has 0 saturated carbocycles. The van der Waals surface area contributed by atoms with Gasteiger partial charge in [-0.3, -0.25) is 4.40 Å². The number of halogens is 1. The summed E-state index contributed by atoms with van der Waals surface area (Å²) in [4.78, 5) is 0.796. The predicted octanol–water partition coefficient (Wildman–Crippen LogP) is 2.06. The standard InChI is InChI=1S/C11H9FN4S/c12-8-3-1-7(2-4-8)10-14-15-11-16(10)9(5-13)6-17-11/h1-4,6H,5,13H2. The van der Waals surface area contributed by atoms with Gasteiger partial charge in [-0.1, -0.05) is 0 Å². The van der Waals surface area contributed by atoms with Crippen LogP contribution in [0.5, 0.6) is 0 Å². The average Bonchev–Trinajstić information content (AvgIpc) is 2.91. The molecule has 6 heteroatoms. The quantitative estimate of drug-likeness (QED) is 0.755. The van der Waals surface area contributed by atoms with Crippen molar-refractivity contribution in [3.63, 3.8) is 0 Å². The summed E-state index contributed by atoms with van der Waals surface area (Å²) in [6.45, 7) is 0.423. The van der Waals surface area contributed by atoms with Crippen molar-refractivity contribution in [2.75, 3.05) is 0 Å². The molecule has 0 fully saturated rings. The Morgan fingerprint density at radius 1 is 1.24 bits per heavy atom. The third-order valence-corrected chi connectivity index (χ3v) is 3.40. The molecule has 0 atom stereocenters. The molecule has 0 aliphatic carbocycles. The van der Waals surface area contributed by atoms with Gasteiger partial charge in [-0.2, -0.15) is 0 Å². The highest BCUT2D eigenvalue weighted by atomic mass is 32.1. The Labute approximate surface area is 101 Å². The highest BCUT2D eigenvalue weighted by Crippen LogP contribution is 2.23. The van der Waals surface area contributed by atoms with E-state index in [1.165, 1.54) is 23.5 Å². The van der Waals surface area contributed by atoms with Gasteiger partial charge in [0, 0.05) is 17.5 Å².